The molecule has 3 rings (SSSR count). The Morgan fingerprint density at radius 2 is 2.00 bits per heavy atom. The van der Waals surface area contributed by atoms with Crippen LogP contribution in [-0.4, -0.2) is 18.6 Å². The fourth-order valence-electron chi connectivity index (χ4n) is 1.95. The summed E-state index contributed by atoms with van der Waals surface area (Å²) in [5, 5.41) is 2.56. The zero-order valence-electron chi connectivity index (χ0n) is 10.8. The molecular weight excluding hydrogens is 297 g/mol. The third-order valence-corrected chi connectivity index (χ3v) is 3.28. The largest absolute Gasteiger partial charge is 0.485 e. The number of hydrogen-bond donors (Lipinski definition) is 1. The predicted molar refractivity (Wildman–Crippen MR) is 76.4 cm³/mol. The molecule has 2 aromatic rings. The summed E-state index contributed by atoms with van der Waals surface area (Å²) in [6.45, 7) is 0.109. The molecule has 0 unspecified atom stereocenters. The van der Waals surface area contributed by atoms with E-state index < -0.39 is 11.9 Å². The van der Waals surface area contributed by atoms with Crippen LogP contribution in [0.25, 0.3) is 0 Å². The van der Waals surface area contributed by atoms with Crippen LogP contribution in [0.2, 0.25) is 5.02 Å². The van der Waals surface area contributed by atoms with Gasteiger partial charge in [-0.1, -0.05) is 23.7 Å². The minimum absolute atomic E-state index is 0.0565. The molecule has 108 valence electrons. The van der Waals surface area contributed by atoms with Gasteiger partial charge in [-0.25, -0.2) is 4.39 Å². The molecule has 6 heteroatoms. The summed E-state index contributed by atoms with van der Waals surface area (Å²) in [4.78, 5) is 12.1. The van der Waals surface area contributed by atoms with E-state index in [2.05, 4.69) is 5.32 Å². The lowest BCUT2D eigenvalue weighted by Crippen LogP contribution is -2.40. The van der Waals surface area contributed by atoms with Crippen molar-refractivity contribution in [1.29, 1.82) is 0 Å². The van der Waals surface area contributed by atoms with Crippen LogP contribution in [-0.2, 0) is 4.79 Å². The highest BCUT2D eigenvalue weighted by Crippen LogP contribution is 2.31. The van der Waals surface area contributed by atoms with Crippen molar-refractivity contribution in [3.63, 3.8) is 0 Å². The molecule has 0 radical (unpaired) electrons. The third kappa shape index (κ3) is 2.92. The van der Waals surface area contributed by atoms with Gasteiger partial charge in [0.05, 0.1) is 5.02 Å². The Morgan fingerprint density at radius 3 is 2.76 bits per heavy atom. The zero-order chi connectivity index (χ0) is 14.8. The average molecular weight is 308 g/mol. The summed E-state index contributed by atoms with van der Waals surface area (Å²) in [5.41, 5.74) is 0.397. The van der Waals surface area contributed by atoms with E-state index in [-0.39, 0.29) is 17.5 Å². The monoisotopic (exact) mass is 307 g/mol. The summed E-state index contributed by atoms with van der Waals surface area (Å²) in [7, 11) is 0. The van der Waals surface area contributed by atoms with Crippen LogP contribution in [0, 0.1) is 5.82 Å². The molecule has 0 spiro atoms. The Balaban J connectivity index is 1.70. The second kappa shape index (κ2) is 5.61. The van der Waals surface area contributed by atoms with Gasteiger partial charge in [0.2, 0.25) is 6.10 Å². The van der Waals surface area contributed by atoms with Crippen LogP contribution in [0.3, 0.4) is 0 Å². The van der Waals surface area contributed by atoms with Gasteiger partial charge in [0.15, 0.2) is 11.5 Å². The van der Waals surface area contributed by atoms with E-state index >= 15 is 0 Å². The standard InChI is InChI=1S/C15H11ClFNO3/c16-10-7-9(5-6-11(10)17)18-15(19)14-8-20-12-3-1-2-4-13(12)21-14/h1-7,14H,8H2,(H,18,19)/t14-/m1/s1. The van der Waals surface area contributed by atoms with Gasteiger partial charge in [-0.15, -0.1) is 0 Å². The molecule has 0 fully saturated rings. The Morgan fingerprint density at radius 1 is 1.24 bits per heavy atom. The molecule has 1 heterocycles. The number of benzene rings is 2. The number of rotatable bonds is 2. The summed E-state index contributed by atoms with van der Waals surface area (Å²) in [6, 6.07) is 11.1. The quantitative estimate of drug-likeness (QED) is 0.926. The van der Waals surface area contributed by atoms with Gasteiger partial charge >= 0.3 is 0 Å². The van der Waals surface area contributed by atoms with Crippen LogP contribution in [0.15, 0.2) is 42.5 Å². The molecule has 0 bridgehead atoms. The van der Waals surface area contributed by atoms with Gasteiger partial charge in [0, 0.05) is 5.69 Å². The zero-order valence-corrected chi connectivity index (χ0v) is 11.6. The minimum atomic E-state index is -0.774. The van der Waals surface area contributed by atoms with Crippen molar-refractivity contribution in [2.45, 2.75) is 6.10 Å². The Bertz CT molecular complexity index is 692. The fourth-order valence-corrected chi connectivity index (χ4v) is 2.13. The topological polar surface area (TPSA) is 47.6 Å². The number of halogens is 2. The maximum Gasteiger partial charge on any atom is 0.269 e. The van der Waals surface area contributed by atoms with E-state index in [9.17, 15) is 9.18 Å². The number of amides is 1. The van der Waals surface area contributed by atoms with E-state index in [0.29, 0.717) is 17.2 Å². The van der Waals surface area contributed by atoms with Gasteiger partial charge in [-0.3, -0.25) is 4.79 Å². The van der Waals surface area contributed by atoms with Crippen molar-refractivity contribution in [3.8, 4) is 11.5 Å². The first-order valence-corrected chi connectivity index (χ1v) is 6.65. The summed E-state index contributed by atoms with van der Waals surface area (Å²) >= 11 is 5.67. The number of carbonyl (C=O) groups is 1. The van der Waals surface area contributed by atoms with Gasteiger partial charge in [-0.05, 0) is 30.3 Å². The maximum absolute atomic E-state index is 13.1. The number of nitrogens with one attached hydrogen (secondary N) is 1. The molecule has 0 saturated heterocycles. The van der Waals surface area contributed by atoms with Crippen molar-refractivity contribution in [2.24, 2.45) is 0 Å². The number of ether oxygens (including phenoxy) is 2. The maximum atomic E-state index is 13.1. The number of para-hydroxylation sites is 2. The second-order valence-corrected chi connectivity index (χ2v) is 4.89. The highest BCUT2D eigenvalue weighted by atomic mass is 35.5. The second-order valence-electron chi connectivity index (χ2n) is 4.48. The van der Waals surface area contributed by atoms with Crippen molar-refractivity contribution < 1.29 is 18.7 Å². The molecule has 1 N–H and O–H groups in total. The molecule has 1 amide bonds. The van der Waals surface area contributed by atoms with Crippen LogP contribution in [0.4, 0.5) is 10.1 Å². The van der Waals surface area contributed by atoms with E-state index in [1.807, 2.05) is 6.07 Å². The molecule has 1 aliphatic rings. The third-order valence-electron chi connectivity index (χ3n) is 2.99. The molecule has 21 heavy (non-hydrogen) atoms. The lowest BCUT2D eigenvalue weighted by Gasteiger charge is -2.25. The molecule has 0 aromatic heterocycles. The molecule has 0 aliphatic carbocycles. The van der Waals surface area contributed by atoms with E-state index in [1.54, 1.807) is 18.2 Å². The molecule has 4 nitrogen and oxygen atoms in total. The molecule has 0 saturated carbocycles. The molecule has 1 atom stereocenters. The highest BCUT2D eigenvalue weighted by Gasteiger charge is 2.27. The normalized spacial score (nSPS) is 16.4. The van der Waals surface area contributed by atoms with Gasteiger partial charge < -0.3 is 14.8 Å². The van der Waals surface area contributed by atoms with Crippen LogP contribution >= 0.6 is 11.6 Å². The van der Waals surface area contributed by atoms with E-state index in [0.717, 1.165) is 0 Å². The van der Waals surface area contributed by atoms with Gasteiger partial charge in [-0.2, -0.15) is 0 Å². The Kier molecular flexibility index (Phi) is 3.66. The predicted octanol–water partition coefficient (Wildman–Crippen LogP) is 3.26. The van der Waals surface area contributed by atoms with Crippen LogP contribution < -0.4 is 14.8 Å². The van der Waals surface area contributed by atoms with Gasteiger partial charge in [0.25, 0.3) is 5.91 Å². The highest BCUT2D eigenvalue weighted by molar-refractivity contribution is 6.31. The average Bonchev–Trinajstić information content (AvgIpc) is 2.50. The van der Waals surface area contributed by atoms with E-state index in [1.165, 1.54) is 18.2 Å². The lowest BCUT2D eigenvalue weighted by atomic mass is 10.2. The minimum Gasteiger partial charge on any atom is -0.485 e. The first-order chi connectivity index (χ1) is 10.1. The number of fused-ring (bicyclic) bond motifs is 1. The fraction of sp³-hybridized carbons (Fsp3) is 0.133. The van der Waals surface area contributed by atoms with Crippen LogP contribution in [0.5, 0.6) is 11.5 Å². The summed E-state index contributed by atoms with van der Waals surface area (Å²) in [5.74, 6) is 0.195. The SMILES string of the molecule is O=C(Nc1ccc(F)c(Cl)c1)[C@H]1COc2ccccc2O1. The Labute approximate surface area is 125 Å². The van der Waals surface area contributed by atoms with Crippen LogP contribution in [0.1, 0.15) is 0 Å². The van der Waals surface area contributed by atoms with Crippen molar-refractivity contribution >= 4 is 23.2 Å². The smallest absolute Gasteiger partial charge is 0.269 e. The number of anilines is 1. The molecule has 2 aromatic carbocycles. The first kappa shape index (κ1) is 13.7. The molecule has 1 aliphatic heterocycles. The number of carbonyl (C=O) groups excluding carboxylic acids is 1. The molecular formula is C15H11ClFNO3. The lowest BCUT2D eigenvalue weighted by molar-refractivity contribution is -0.125. The van der Waals surface area contributed by atoms with Crippen molar-refractivity contribution in [2.75, 3.05) is 11.9 Å². The number of hydrogen-bond acceptors (Lipinski definition) is 3. The summed E-state index contributed by atoms with van der Waals surface area (Å²) in [6.07, 6.45) is -0.774. The van der Waals surface area contributed by atoms with Crippen molar-refractivity contribution in [1.82, 2.24) is 0 Å². The Hall–Kier alpha value is -2.27. The van der Waals surface area contributed by atoms with E-state index in [4.69, 9.17) is 21.1 Å². The van der Waals surface area contributed by atoms with Gasteiger partial charge in [0.1, 0.15) is 12.4 Å². The first-order valence-electron chi connectivity index (χ1n) is 6.28. The van der Waals surface area contributed by atoms with Crippen molar-refractivity contribution in [3.05, 3.63) is 53.3 Å². The summed E-state index contributed by atoms with van der Waals surface area (Å²) < 4.78 is 24.1.